The number of rotatable bonds is 2. The number of nitriles is 1. The second kappa shape index (κ2) is 5.44. The normalized spacial score (nSPS) is 21.8. The Bertz CT molecular complexity index is 761. The SMILES string of the molecule is N#Cc1cnc2ccc(Cl)cc2c1N1CCCC(C2CC2)C1. The van der Waals surface area contributed by atoms with E-state index in [0.717, 1.165) is 41.5 Å². The molecule has 2 heterocycles. The highest BCUT2D eigenvalue weighted by molar-refractivity contribution is 6.31. The highest BCUT2D eigenvalue weighted by atomic mass is 35.5. The summed E-state index contributed by atoms with van der Waals surface area (Å²) in [6, 6.07) is 8.05. The molecule has 2 aromatic rings. The molecule has 1 atom stereocenters. The van der Waals surface area contributed by atoms with Crippen LogP contribution in [0.25, 0.3) is 10.9 Å². The van der Waals surface area contributed by atoms with Crippen LogP contribution in [-0.4, -0.2) is 18.1 Å². The molecule has 0 radical (unpaired) electrons. The van der Waals surface area contributed by atoms with Gasteiger partial charge < -0.3 is 4.90 Å². The Morgan fingerprint density at radius 2 is 2.09 bits per heavy atom. The molecule has 1 aliphatic carbocycles. The van der Waals surface area contributed by atoms with Gasteiger partial charge in [-0.05, 0) is 55.7 Å². The molecule has 2 fully saturated rings. The summed E-state index contributed by atoms with van der Waals surface area (Å²) in [6.45, 7) is 2.08. The molecular weight excluding hydrogens is 294 g/mol. The molecule has 0 spiro atoms. The summed E-state index contributed by atoms with van der Waals surface area (Å²) in [6.07, 6.45) is 6.99. The van der Waals surface area contributed by atoms with Gasteiger partial charge in [0.2, 0.25) is 0 Å². The van der Waals surface area contributed by atoms with Crippen LogP contribution in [-0.2, 0) is 0 Å². The van der Waals surface area contributed by atoms with E-state index in [2.05, 4.69) is 16.0 Å². The minimum Gasteiger partial charge on any atom is -0.370 e. The van der Waals surface area contributed by atoms with E-state index in [-0.39, 0.29) is 0 Å². The van der Waals surface area contributed by atoms with Crippen molar-refractivity contribution in [3.63, 3.8) is 0 Å². The second-order valence-corrected chi connectivity index (χ2v) is 6.92. The third kappa shape index (κ3) is 2.42. The second-order valence-electron chi connectivity index (χ2n) is 6.48. The van der Waals surface area contributed by atoms with Crippen LogP contribution in [0.2, 0.25) is 5.02 Å². The van der Waals surface area contributed by atoms with E-state index in [4.69, 9.17) is 11.6 Å². The van der Waals surface area contributed by atoms with Gasteiger partial charge in [0.15, 0.2) is 0 Å². The first kappa shape index (κ1) is 13.8. The van der Waals surface area contributed by atoms with Gasteiger partial charge in [-0.15, -0.1) is 0 Å². The average Bonchev–Trinajstić information content (AvgIpc) is 3.38. The molecule has 4 heteroatoms. The zero-order valence-corrected chi connectivity index (χ0v) is 13.2. The molecule has 3 nitrogen and oxygen atoms in total. The fourth-order valence-electron chi connectivity index (χ4n) is 3.74. The van der Waals surface area contributed by atoms with Crippen molar-refractivity contribution in [3.8, 4) is 6.07 Å². The van der Waals surface area contributed by atoms with E-state index < -0.39 is 0 Å². The molecule has 1 aromatic heterocycles. The number of benzene rings is 1. The third-order valence-electron chi connectivity index (χ3n) is 4.98. The lowest BCUT2D eigenvalue weighted by atomic mass is 9.92. The van der Waals surface area contributed by atoms with E-state index in [1.807, 2.05) is 18.2 Å². The van der Waals surface area contributed by atoms with Gasteiger partial charge in [0, 0.05) is 29.7 Å². The van der Waals surface area contributed by atoms with Crippen LogP contribution in [0.3, 0.4) is 0 Å². The fraction of sp³-hybridized carbons (Fsp3) is 0.444. The number of pyridine rings is 1. The smallest absolute Gasteiger partial charge is 0.103 e. The highest BCUT2D eigenvalue weighted by Gasteiger charge is 2.34. The summed E-state index contributed by atoms with van der Waals surface area (Å²) in [5.41, 5.74) is 2.60. The van der Waals surface area contributed by atoms with Crippen LogP contribution >= 0.6 is 11.6 Å². The van der Waals surface area contributed by atoms with Crippen LogP contribution in [0.4, 0.5) is 5.69 Å². The zero-order chi connectivity index (χ0) is 15.1. The lowest BCUT2D eigenvalue weighted by molar-refractivity contribution is 0.374. The minimum absolute atomic E-state index is 0.659. The Morgan fingerprint density at radius 1 is 1.23 bits per heavy atom. The summed E-state index contributed by atoms with van der Waals surface area (Å²) in [5, 5.41) is 11.2. The van der Waals surface area contributed by atoms with Crippen molar-refractivity contribution in [1.29, 1.82) is 5.26 Å². The van der Waals surface area contributed by atoms with Gasteiger partial charge >= 0.3 is 0 Å². The van der Waals surface area contributed by atoms with Gasteiger partial charge in [0.1, 0.15) is 6.07 Å². The van der Waals surface area contributed by atoms with Crippen molar-refractivity contribution in [2.75, 3.05) is 18.0 Å². The third-order valence-corrected chi connectivity index (χ3v) is 5.22. The largest absolute Gasteiger partial charge is 0.370 e. The number of hydrogen-bond donors (Lipinski definition) is 0. The predicted octanol–water partition coefficient (Wildman–Crippen LogP) is 4.39. The Kier molecular flexibility index (Phi) is 3.43. The van der Waals surface area contributed by atoms with Crippen molar-refractivity contribution in [3.05, 3.63) is 35.0 Å². The lowest BCUT2D eigenvalue weighted by Gasteiger charge is -2.35. The van der Waals surface area contributed by atoms with Crippen LogP contribution in [0.15, 0.2) is 24.4 Å². The van der Waals surface area contributed by atoms with Gasteiger partial charge in [-0.2, -0.15) is 5.26 Å². The molecule has 1 aromatic carbocycles. The van der Waals surface area contributed by atoms with E-state index in [0.29, 0.717) is 10.6 Å². The van der Waals surface area contributed by atoms with Crippen molar-refractivity contribution >= 4 is 28.2 Å². The molecule has 0 bridgehead atoms. The van der Waals surface area contributed by atoms with Crippen molar-refractivity contribution in [1.82, 2.24) is 4.98 Å². The first-order valence-corrected chi connectivity index (χ1v) is 8.37. The number of hydrogen-bond acceptors (Lipinski definition) is 3. The molecule has 0 amide bonds. The molecule has 1 saturated carbocycles. The molecule has 1 unspecified atom stereocenters. The number of fused-ring (bicyclic) bond motifs is 1. The topological polar surface area (TPSA) is 39.9 Å². The van der Waals surface area contributed by atoms with Crippen molar-refractivity contribution in [2.45, 2.75) is 25.7 Å². The van der Waals surface area contributed by atoms with E-state index >= 15 is 0 Å². The minimum atomic E-state index is 0.659. The highest BCUT2D eigenvalue weighted by Crippen LogP contribution is 2.43. The lowest BCUT2D eigenvalue weighted by Crippen LogP contribution is -2.36. The number of aromatic nitrogens is 1. The number of nitrogens with zero attached hydrogens (tertiary/aromatic N) is 3. The Balaban J connectivity index is 1.81. The summed E-state index contributed by atoms with van der Waals surface area (Å²) in [5.74, 6) is 1.69. The van der Waals surface area contributed by atoms with Gasteiger partial charge in [-0.3, -0.25) is 4.98 Å². The molecule has 1 aliphatic heterocycles. The monoisotopic (exact) mass is 311 g/mol. The van der Waals surface area contributed by atoms with Crippen LogP contribution in [0, 0.1) is 23.2 Å². The molecule has 1 saturated heterocycles. The van der Waals surface area contributed by atoms with Crippen molar-refractivity contribution in [2.24, 2.45) is 11.8 Å². The van der Waals surface area contributed by atoms with E-state index in [1.54, 1.807) is 6.20 Å². The van der Waals surface area contributed by atoms with Crippen LogP contribution < -0.4 is 4.90 Å². The number of piperidine rings is 1. The molecule has 22 heavy (non-hydrogen) atoms. The summed E-state index contributed by atoms with van der Waals surface area (Å²) in [7, 11) is 0. The molecule has 112 valence electrons. The molecule has 2 aliphatic rings. The van der Waals surface area contributed by atoms with E-state index in [1.165, 1.54) is 25.7 Å². The summed E-state index contributed by atoms with van der Waals surface area (Å²) < 4.78 is 0. The number of anilines is 1. The Labute approximate surface area is 135 Å². The van der Waals surface area contributed by atoms with Gasteiger partial charge in [-0.25, -0.2) is 0 Å². The van der Waals surface area contributed by atoms with Gasteiger partial charge in [0.05, 0.1) is 16.8 Å². The average molecular weight is 312 g/mol. The Hall–Kier alpha value is -1.79. The fourth-order valence-corrected chi connectivity index (χ4v) is 3.91. The van der Waals surface area contributed by atoms with Crippen LogP contribution in [0.1, 0.15) is 31.2 Å². The summed E-state index contributed by atoms with van der Waals surface area (Å²) >= 11 is 6.19. The molecular formula is C18H18ClN3. The maximum absolute atomic E-state index is 9.52. The first-order valence-electron chi connectivity index (χ1n) is 7.99. The zero-order valence-electron chi connectivity index (χ0n) is 12.4. The quantitative estimate of drug-likeness (QED) is 0.826. The van der Waals surface area contributed by atoms with Gasteiger partial charge in [0.25, 0.3) is 0 Å². The maximum atomic E-state index is 9.52. The van der Waals surface area contributed by atoms with Gasteiger partial charge in [-0.1, -0.05) is 11.6 Å². The van der Waals surface area contributed by atoms with Crippen LogP contribution in [0.5, 0.6) is 0 Å². The number of halogens is 1. The van der Waals surface area contributed by atoms with Crippen molar-refractivity contribution < 1.29 is 0 Å². The summed E-state index contributed by atoms with van der Waals surface area (Å²) in [4.78, 5) is 6.80. The Morgan fingerprint density at radius 3 is 2.86 bits per heavy atom. The first-order chi connectivity index (χ1) is 10.8. The maximum Gasteiger partial charge on any atom is 0.103 e. The standard InChI is InChI=1S/C18H18ClN3/c19-15-5-6-17-16(8-15)18(14(9-20)10-21-17)22-7-1-2-13(11-22)12-3-4-12/h5-6,8,10,12-13H,1-4,7,11H2. The van der Waals surface area contributed by atoms with E-state index in [9.17, 15) is 5.26 Å². The molecule has 0 N–H and O–H groups in total. The predicted molar refractivity (Wildman–Crippen MR) is 89.1 cm³/mol. The molecule has 4 rings (SSSR count).